The first-order valence-electron chi connectivity index (χ1n) is 2.85. The maximum Gasteiger partial charge on any atom is 0.273 e. The SMILES string of the molecule is CC(F)(F)CF.CCF.CF. The van der Waals surface area contributed by atoms with Crippen LogP contribution in [0.1, 0.15) is 13.8 Å². The van der Waals surface area contributed by atoms with E-state index in [1.54, 1.807) is 0 Å². The molecule has 0 N–H and O–H groups in total. The zero-order valence-corrected chi connectivity index (χ0v) is 6.80. The third-order valence-electron chi connectivity index (χ3n) is 0.235. The Hall–Kier alpha value is -0.350. The minimum absolute atomic E-state index is 0.250. The summed E-state index contributed by atoms with van der Waals surface area (Å²) in [6, 6.07) is 0. The normalized spacial score (nSPS) is 8.73. The standard InChI is InChI=1S/C3H5F3.C2H5F.CH3F/c1-3(5,6)2-4;1-2-3;1-2/h2H2,1H3;2H2,1H3;1H3. The Bertz CT molecular complexity index is 49.4. The summed E-state index contributed by atoms with van der Waals surface area (Å²) in [6.45, 7) is 0.181. The Morgan fingerprint density at radius 2 is 1.18 bits per heavy atom. The Morgan fingerprint density at radius 1 is 1.09 bits per heavy atom. The van der Waals surface area contributed by atoms with Crippen molar-refractivity contribution in [3.63, 3.8) is 0 Å². The fraction of sp³-hybridized carbons (Fsp3) is 1.00. The molecule has 5 heteroatoms. The van der Waals surface area contributed by atoms with Crippen LogP contribution < -0.4 is 0 Å². The molecule has 0 aromatic heterocycles. The highest BCUT2D eigenvalue weighted by Crippen LogP contribution is 2.10. The molecule has 0 spiro atoms. The van der Waals surface area contributed by atoms with Gasteiger partial charge < -0.3 is 0 Å². The number of rotatable bonds is 1. The molecule has 0 aromatic carbocycles. The minimum atomic E-state index is -3.12. The van der Waals surface area contributed by atoms with Gasteiger partial charge in [0.25, 0.3) is 5.92 Å². The first-order chi connectivity index (χ1) is 4.97. The predicted octanol–water partition coefficient (Wildman–Crippen LogP) is 3.17. The highest BCUT2D eigenvalue weighted by molar-refractivity contribution is 4.51. The molecule has 0 amide bonds. The van der Waals surface area contributed by atoms with Gasteiger partial charge in [-0.15, -0.1) is 0 Å². The number of alkyl halides is 5. The molecule has 0 nitrogen and oxygen atoms in total. The van der Waals surface area contributed by atoms with Gasteiger partial charge in [0.1, 0.15) is 0 Å². The van der Waals surface area contributed by atoms with Crippen molar-refractivity contribution >= 4 is 0 Å². The Labute approximate surface area is 63.4 Å². The molecule has 0 unspecified atom stereocenters. The van der Waals surface area contributed by atoms with Gasteiger partial charge in [-0.1, -0.05) is 0 Å². The summed E-state index contributed by atoms with van der Waals surface area (Å²) in [4.78, 5) is 0. The van der Waals surface area contributed by atoms with Crippen LogP contribution in [-0.4, -0.2) is 26.4 Å². The van der Waals surface area contributed by atoms with Crippen LogP contribution in [0.5, 0.6) is 0 Å². The quantitative estimate of drug-likeness (QED) is 0.543. The van der Waals surface area contributed by atoms with Gasteiger partial charge >= 0.3 is 0 Å². The third-order valence-corrected chi connectivity index (χ3v) is 0.235. The molecule has 0 heterocycles. The van der Waals surface area contributed by atoms with E-state index in [1.165, 1.54) is 6.92 Å². The van der Waals surface area contributed by atoms with Crippen LogP contribution in [0, 0.1) is 0 Å². The lowest BCUT2D eigenvalue weighted by atomic mass is 10.4. The average molecular weight is 180 g/mol. The van der Waals surface area contributed by atoms with Crippen LogP contribution in [0.25, 0.3) is 0 Å². The Morgan fingerprint density at radius 3 is 1.18 bits per heavy atom. The third kappa shape index (κ3) is 80.4. The van der Waals surface area contributed by atoms with Gasteiger partial charge in [-0.3, -0.25) is 8.78 Å². The van der Waals surface area contributed by atoms with Crippen molar-refractivity contribution in [1.29, 1.82) is 0 Å². The van der Waals surface area contributed by atoms with Gasteiger partial charge in [0.05, 0.1) is 13.9 Å². The molecule has 11 heavy (non-hydrogen) atoms. The van der Waals surface area contributed by atoms with E-state index < -0.39 is 12.6 Å². The molecule has 0 aromatic rings. The first kappa shape index (κ1) is 16.9. The monoisotopic (exact) mass is 180 g/mol. The lowest BCUT2D eigenvalue weighted by molar-refractivity contribution is -0.00294. The molecule has 0 aliphatic carbocycles. The van der Waals surface area contributed by atoms with E-state index in [2.05, 4.69) is 0 Å². The van der Waals surface area contributed by atoms with Gasteiger partial charge in [0, 0.05) is 6.92 Å². The number of halogens is 5. The smallest absolute Gasteiger partial charge is 0.255 e. The summed E-state index contributed by atoms with van der Waals surface area (Å²) >= 11 is 0. The molecular weight excluding hydrogens is 167 g/mol. The van der Waals surface area contributed by atoms with Gasteiger partial charge in [-0.05, 0) is 6.92 Å². The molecule has 0 radical (unpaired) electrons. The lowest BCUT2D eigenvalue weighted by Crippen LogP contribution is -2.10. The summed E-state index contributed by atoms with van der Waals surface area (Å²) in [5, 5.41) is 0. The van der Waals surface area contributed by atoms with Gasteiger partial charge in [0.15, 0.2) is 6.67 Å². The van der Waals surface area contributed by atoms with E-state index in [0.717, 1.165) is 0 Å². The van der Waals surface area contributed by atoms with Crippen LogP contribution >= 0.6 is 0 Å². The van der Waals surface area contributed by atoms with Crippen molar-refractivity contribution < 1.29 is 22.0 Å². The van der Waals surface area contributed by atoms with Crippen LogP contribution in [0.4, 0.5) is 22.0 Å². The maximum atomic E-state index is 11.1. The minimum Gasteiger partial charge on any atom is -0.255 e. The topological polar surface area (TPSA) is 0 Å². The molecule has 0 atom stereocenters. The fourth-order valence-electron chi connectivity index (χ4n) is 0. The summed E-state index contributed by atoms with van der Waals surface area (Å²) < 4.78 is 52.7. The van der Waals surface area contributed by atoms with Crippen molar-refractivity contribution in [3.8, 4) is 0 Å². The maximum absolute atomic E-state index is 11.1. The van der Waals surface area contributed by atoms with Gasteiger partial charge in [-0.25, -0.2) is 13.2 Å². The van der Waals surface area contributed by atoms with Gasteiger partial charge in [-0.2, -0.15) is 0 Å². The molecule has 72 valence electrons. The number of hydrogen-bond donors (Lipinski definition) is 0. The molecule has 0 bridgehead atoms. The van der Waals surface area contributed by atoms with E-state index >= 15 is 0 Å². The zero-order chi connectivity index (χ0) is 9.91. The van der Waals surface area contributed by atoms with Crippen molar-refractivity contribution in [1.82, 2.24) is 0 Å². The fourth-order valence-corrected chi connectivity index (χ4v) is 0. The van der Waals surface area contributed by atoms with Crippen LogP contribution in [0.2, 0.25) is 0 Å². The van der Waals surface area contributed by atoms with Crippen molar-refractivity contribution in [2.24, 2.45) is 0 Å². The number of hydrogen-bond acceptors (Lipinski definition) is 0. The van der Waals surface area contributed by atoms with Crippen LogP contribution in [0.15, 0.2) is 0 Å². The van der Waals surface area contributed by atoms with E-state index in [0.29, 0.717) is 14.1 Å². The summed E-state index contributed by atoms with van der Waals surface area (Å²) in [5.74, 6) is -3.12. The Kier molecular flexibility index (Phi) is 19.0. The largest absolute Gasteiger partial charge is 0.273 e. The van der Waals surface area contributed by atoms with E-state index in [9.17, 15) is 22.0 Å². The molecule has 0 fully saturated rings. The molecule has 0 aliphatic rings. The first-order valence-corrected chi connectivity index (χ1v) is 2.85. The Balaban J connectivity index is -0.000000109. The second-order valence-electron chi connectivity index (χ2n) is 1.47. The summed E-state index contributed by atoms with van der Waals surface area (Å²) in [7, 11) is 0.500. The average Bonchev–Trinajstić information content (AvgIpc) is 1.93. The summed E-state index contributed by atoms with van der Waals surface area (Å²) in [5.41, 5.74) is 0. The highest BCUT2D eigenvalue weighted by Gasteiger charge is 2.19. The van der Waals surface area contributed by atoms with Crippen molar-refractivity contribution in [2.75, 3.05) is 20.5 Å². The van der Waals surface area contributed by atoms with E-state index in [1.807, 2.05) is 0 Å². The van der Waals surface area contributed by atoms with Crippen LogP contribution in [0.3, 0.4) is 0 Å². The van der Waals surface area contributed by atoms with E-state index in [-0.39, 0.29) is 6.67 Å². The lowest BCUT2D eigenvalue weighted by Gasteiger charge is -1.99. The molecule has 0 rings (SSSR count). The van der Waals surface area contributed by atoms with E-state index in [4.69, 9.17) is 0 Å². The molecule has 0 saturated heterocycles. The highest BCUT2D eigenvalue weighted by atomic mass is 19.3. The van der Waals surface area contributed by atoms with Gasteiger partial charge in [0.2, 0.25) is 0 Å². The molecule has 0 aliphatic heterocycles. The second kappa shape index (κ2) is 12.3. The summed E-state index contributed by atoms with van der Waals surface area (Å²) in [6.07, 6.45) is 0. The predicted molar refractivity (Wildman–Crippen MR) is 35.3 cm³/mol. The van der Waals surface area contributed by atoms with Crippen molar-refractivity contribution in [2.45, 2.75) is 19.8 Å². The molecule has 0 saturated carbocycles. The molecular formula is C6H13F5. The van der Waals surface area contributed by atoms with Crippen LogP contribution in [-0.2, 0) is 0 Å². The van der Waals surface area contributed by atoms with Crippen molar-refractivity contribution in [3.05, 3.63) is 0 Å². The zero-order valence-electron chi connectivity index (χ0n) is 6.80. The second-order valence-corrected chi connectivity index (χ2v) is 1.47.